The maximum Gasteiger partial charge on any atom is 0.453 e. The van der Waals surface area contributed by atoms with Crippen molar-refractivity contribution in [2.24, 2.45) is 0 Å². The summed E-state index contributed by atoms with van der Waals surface area (Å²) in [5.41, 5.74) is 0. The van der Waals surface area contributed by atoms with Crippen LogP contribution in [0.2, 0.25) is 0 Å². The molecule has 0 saturated carbocycles. The molecule has 0 spiro atoms. The number of alkyl halides is 5. The van der Waals surface area contributed by atoms with E-state index < -0.39 is 18.5 Å². The summed E-state index contributed by atoms with van der Waals surface area (Å²) in [5, 5.41) is 0. The fraction of sp³-hybridized carbons (Fsp3) is 1.00. The van der Waals surface area contributed by atoms with Gasteiger partial charge in [0.2, 0.25) is 0 Å². The summed E-state index contributed by atoms with van der Waals surface area (Å²) in [6.07, 6.45) is 1.46. The fourth-order valence-corrected chi connectivity index (χ4v) is 3.02. The van der Waals surface area contributed by atoms with Crippen LogP contribution in [0.25, 0.3) is 0 Å². The lowest BCUT2D eigenvalue weighted by atomic mass is 10.1. The van der Waals surface area contributed by atoms with E-state index >= 15 is 0 Å². The largest absolute Gasteiger partial charge is 0.453 e. The molecule has 0 fully saturated rings. The Morgan fingerprint density at radius 3 is 1.67 bits per heavy atom. The molecule has 0 aromatic rings. The lowest BCUT2D eigenvalue weighted by Gasteiger charge is -2.19. The van der Waals surface area contributed by atoms with Crippen molar-refractivity contribution in [3.8, 4) is 0 Å². The van der Waals surface area contributed by atoms with Crippen molar-refractivity contribution in [3.05, 3.63) is 0 Å². The highest BCUT2D eigenvalue weighted by Crippen LogP contribution is 2.39. The van der Waals surface area contributed by atoms with Gasteiger partial charge >= 0.3 is 12.1 Å². The first-order chi connectivity index (χ1) is 9.81. The molecule has 0 amide bonds. The second-order valence-corrected chi connectivity index (χ2v) is 6.79. The average molecular weight is 352 g/mol. The average Bonchev–Trinajstić information content (AvgIpc) is 2.38. The summed E-state index contributed by atoms with van der Waals surface area (Å²) in [6, 6.07) is 0. The summed E-state index contributed by atoms with van der Waals surface area (Å²) >= 11 is 5.61. The van der Waals surface area contributed by atoms with Gasteiger partial charge in [-0.05, 0) is 36.5 Å². The molecule has 0 heterocycles. The van der Waals surface area contributed by atoms with E-state index in [0.717, 1.165) is 30.8 Å². The van der Waals surface area contributed by atoms with E-state index in [-0.39, 0.29) is 6.42 Å². The summed E-state index contributed by atoms with van der Waals surface area (Å²) in [5.74, 6) is -2.40. The molecule has 0 nitrogen and oxygen atoms in total. The van der Waals surface area contributed by atoms with Crippen LogP contribution in [0.1, 0.15) is 57.8 Å². The number of thioether (sulfide) groups is 1. The number of thiol groups is 1. The number of hydrogen-bond acceptors (Lipinski definition) is 2. The van der Waals surface area contributed by atoms with Crippen molar-refractivity contribution in [1.29, 1.82) is 0 Å². The van der Waals surface area contributed by atoms with Gasteiger partial charge in [-0.3, -0.25) is 0 Å². The minimum Gasteiger partial charge on any atom is -0.196 e. The molecule has 128 valence electrons. The van der Waals surface area contributed by atoms with Crippen LogP contribution in [0.3, 0.4) is 0 Å². The van der Waals surface area contributed by atoms with Gasteiger partial charge in [0, 0.05) is 6.42 Å². The van der Waals surface area contributed by atoms with Gasteiger partial charge in [-0.1, -0.05) is 32.1 Å². The van der Waals surface area contributed by atoms with Crippen LogP contribution in [0.15, 0.2) is 0 Å². The predicted octanol–water partition coefficient (Wildman–Crippen LogP) is 6.36. The normalized spacial score (nSPS) is 12.9. The Morgan fingerprint density at radius 1 is 0.667 bits per heavy atom. The van der Waals surface area contributed by atoms with Gasteiger partial charge in [-0.2, -0.15) is 46.3 Å². The van der Waals surface area contributed by atoms with Gasteiger partial charge in [0.15, 0.2) is 0 Å². The second kappa shape index (κ2) is 11.9. The molecule has 0 N–H and O–H groups in total. The quantitative estimate of drug-likeness (QED) is 0.229. The number of halogens is 5. The highest BCUT2D eigenvalue weighted by Gasteiger charge is 2.56. The number of unbranched alkanes of at least 4 members (excludes halogenated alkanes) is 6. The van der Waals surface area contributed by atoms with Crippen LogP contribution in [0, 0.1) is 0 Å². The van der Waals surface area contributed by atoms with E-state index in [1.165, 1.54) is 37.4 Å². The first kappa shape index (κ1) is 21.4. The predicted molar refractivity (Wildman–Crippen MR) is 83.7 cm³/mol. The van der Waals surface area contributed by atoms with Gasteiger partial charge in [-0.25, -0.2) is 0 Å². The molecule has 7 heteroatoms. The maximum atomic E-state index is 12.6. The van der Waals surface area contributed by atoms with Crippen LogP contribution in [-0.2, 0) is 0 Å². The zero-order valence-corrected chi connectivity index (χ0v) is 13.9. The highest BCUT2D eigenvalue weighted by molar-refractivity contribution is 7.99. The van der Waals surface area contributed by atoms with Gasteiger partial charge < -0.3 is 0 Å². The Balaban J connectivity index is 3.30. The summed E-state index contributed by atoms with van der Waals surface area (Å²) in [4.78, 5) is 0. The van der Waals surface area contributed by atoms with Gasteiger partial charge in [0.05, 0.1) is 0 Å². The molecule has 0 aromatic heterocycles. The minimum atomic E-state index is -5.41. The topological polar surface area (TPSA) is 0 Å². The highest BCUT2D eigenvalue weighted by atomic mass is 32.2. The van der Waals surface area contributed by atoms with Crippen LogP contribution in [-0.4, -0.2) is 29.4 Å². The van der Waals surface area contributed by atoms with Crippen molar-refractivity contribution in [3.63, 3.8) is 0 Å². The van der Waals surface area contributed by atoms with E-state index in [1.54, 1.807) is 0 Å². The van der Waals surface area contributed by atoms with E-state index in [4.69, 9.17) is 0 Å². The SMILES string of the molecule is FC(F)(F)C(F)(F)CCCSCCCCCCCCCS. The molecule has 0 bridgehead atoms. The Morgan fingerprint density at radius 2 is 1.14 bits per heavy atom. The van der Waals surface area contributed by atoms with Crippen LogP contribution in [0.4, 0.5) is 22.0 Å². The number of hydrogen-bond donors (Lipinski definition) is 1. The van der Waals surface area contributed by atoms with Gasteiger partial charge in [0.1, 0.15) is 0 Å². The van der Waals surface area contributed by atoms with E-state index in [9.17, 15) is 22.0 Å². The Labute approximate surface area is 134 Å². The third-order valence-electron chi connectivity index (χ3n) is 3.14. The molecule has 0 atom stereocenters. The van der Waals surface area contributed by atoms with Crippen molar-refractivity contribution in [1.82, 2.24) is 0 Å². The minimum absolute atomic E-state index is 0.0963. The maximum absolute atomic E-state index is 12.6. The van der Waals surface area contributed by atoms with Gasteiger partial charge in [-0.15, -0.1) is 0 Å². The molecule has 0 aliphatic rings. The molecule has 0 saturated heterocycles. The molecular formula is C14H25F5S2. The second-order valence-electron chi connectivity index (χ2n) is 5.12. The number of rotatable bonds is 13. The lowest BCUT2D eigenvalue weighted by Crippen LogP contribution is -2.36. The molecule has 0 aromatic carbocycles. The van der Waals surface area contributed by atoms with Crippen LogP contribution in [0.5, 0.6) is 0 Å². The molecule has 0 aliphatic heterocycles. The van der Waals surface area contributed by atoms with Crippen molar-refractivity contribution in [2.75, 3.05) is 17.3 Å². The van der Waals surface area contributed by atoms with E-state index in [2.05, 4.69) is 12.6 Å². The van der Waals surface area contributed by atoms with E-state index in [0.29, 0.717) is 5.75 Å². The molecule has 0 unspecified atom stereocenters. The summed E-state index contributed by atoms with van der Waals surface area (Å²) in [7, 11) is 0. The van der Waals surface area contributed by atoms with E-state index in [1.807, 2.05) is 0 Å². The zero-order valence-electron chi connectivity index (χ0n) is 12.2. The standard InChI is InChI=1S/C14H25F5S2/c15-13(16,14(17,18)19)9-8-12-21-11-7-5-3-1-2-4-6-10-20/h20H,1-12H2. The van der Waals surface area contributed by atoms with Crippen LogP contribution < -0.4 is 0 Å². The molecule has 0 radical (unpaired) electrons. The Bertz CT molecular complexity index is 244. The van der Waals surface area contributed by atoms with Crippen molar-refractivity contribution < 1.29 is 22.0 Å². The van der Waals surface area contributed by atoms with Gasteiger partial charge in [0.25, 0.3) is 0 Å². The lowest BCUT2D eigenvalue weighted by molar-refractivity contribution is -0.284. The van der Waals surface area contributed by atoms with Crippen molar-refractivity contribution in [2.45, 2.75) is 69.9 Å². The third kappa shape index (κ3) is 11.6. The third-order valence-corrected chi connectivity index (χ3v) is 4.61. The fourth-order valence-electron chi connectivity index (χ4n) is 1.84. The zero-order chi connectivity index (χ0) is 16.2. The first-order valence-corrected chi connectivity index (χ1v) is 9.23. The molecule has 21 heavy (non-hydrogen) atoms. The summed E-state index contributed by atoms with van der Waals surface area (Å²) < 4.78 is 60.9. The van der Waals surface area contributed by atoms with Crippen molar-refractivity contribution >= 4 is 24.4 Å². The Hall–Kier alpha value is 0.350. The summed E-state index contributed by atoms with van der Waals surface area (Å²) in [6.45, 7) is 0. The first-order valence-electron chi connectivity index (χ1n) is 7.44. The Kier molecular flexibility index (Phi) is 12.1. The molecule has 0 aliphatic carbocycles. The monoisotopic (exact) mass is 352 g/mol. The molecular weight excluding hydrogens is 327 g/mol. The molecule has 0 rings (SSSR count). The smallest absolute Gasteiger partial charge is 0.196 e. The van der Waals surface area contributed by atoms with Crippen LogP contribution >= 0.6 is 24.4 Å².